The Hall–Kier alpha value is -2.89. The van der Waals surface area contributed by atoms with E-state index in [9.17, 15) is 30.3 Å². The molecule has 9 heteroatoms. The lowest BCUT2D eigenvalue weighted by molar-refractivity contribution is -0.302. The van der Waals surface area contributed by atoms with E-state index in [1.165, 1.54) is 51.4 Å². The SMILES string of the molecule is CC/C=C\C/C=C\C/C=C\C/C=C\C/C=C\CCCC(=O)NC(COC1OC(CO)C(O)C(O)C1O)C(O)/C=C/CC/C=C/CC/C=C/CCCCCCCCCC. The minimum absolute atomic E-state index is 0.235. The smallest absolute Gasteiger partial charge is 0.220 e. The topological polar surface area (TPSA) is 149 Å². The summed E-state index contributed by atoms with van der Waals surface area (Å²) in [4.78, 5) is 12.9. The monoisotopic (exact) mass is 812 g/mol. The van der Waals surface area contributed by atoms with Crippen molar-refractivity contribution in [2.24, 2.45) is 0 Å². The van der Waals surface area contributed by atoms with Crippen LogP contribution < -0.4 is 5.32 Å². The van der Waals surface area contributed by atoms with E-state index < -0.39 is 49.5 Å². The average Bonchev–Trinajstić information content (AvgIpc) is 3.22. The molecular weight excluding hydrogens is 731 g/mol. The summed E-state index contributed by atoms with van der Waals surface area (Å²) in [5, 5.41) is 54.1. The molecule has 0 aromatic heterocycles. The number of carbonyl (C=O) groups is 1. The number of carbonyl (C=O) groups excluding carboxylic acids is 1. The molecule has 1 aliphatic heterocycles. The van der Waals surface area contributed by atoms with Crippen molar-refractivity contribution in [3.8, 4) is 0 Å². The third kappa shape index (κ3) is 28.5. The van der Waals surface area contributed by atoms with Gasteiger partial charge in [0.25, 0.3) is 0 Å². The van der Waals surface area contributed by atoms with Crippen LogP contribution in [0.15, 0.2) is 97.2 Å². The number of ether oxygens (including phenoxy) is 2. The van der Waals surface area contributed by atoms with Crippen molar-refractivity contribution in [2.75, 3.05) is 13.2 Å². The Morgan fingerprint density at radius 1 is 0.603 bits per heavy atom. The minimum atomic E-state index is -1.59. The second-order valence-electron chi connectivity index (χ2n) is 15.1. The van der Waals surface area contributed by atoms with Crippen LogP contribution in [0.1, 0.15) is 149 Å². The summed E-state index contributed by atoms with van der Waals surface area (Å²) < 4.78 is 11.2. The van der Waals surface area contributed by atoms with Crippen LogP contribution in [0.3, 0.4) is 0 Å². The van der Waals surface area contributed by atoms with Crippen molar-refractivity contribution in [1.82, 2.24) is 5.32 Å². The molecule has 1 aliphatic rings. The van der Waals surface area contributed by atoms with Gasteiger partial charge in [0.05, 0.1) is 25.4 Å². The van der Waals surface area contributed by atoms with E-state index in [2.05, 4.69) is 104 Å². The van der Waals surface area contributed by atoms with Gasteiger partial charge < -0.3 is 40.3 Å². The molecule has 0 bridgehead atoms. The van der Waals surface area contributed by atoms with Crippen LogP contribution in [0, 0.1) is 0 Å². The average molecular weight is 812 g/mol. The summed E-state index contributed by atoms with van der Waals surface area (Å²) in [6, 6.07) is -0.863. The number of aliphatic hydroxyl groups excluding tert-OH is 5. The van der Waals surface area contributed by atoms with Gasteiger partial charge in [0.1, 0.15) is 24.4 Å². The van der Waals surface area contributed by atoms with E-state index in [4.69, 9.17) is 9.47 Å². The first kappa shape index (κ1) is 53.1. The van der Waals surface area contributed by atoms with Gasteiger partial charge in [-0.25, -0.2) is 0 Å². The Labute approximate surface area is 352 Å². The predicted molar refractivity (Wildman–Crippen MR) is 239 cm³/mol. The lowest BCUT2D eigenvalue weighted by Gasteiger charge is -2.40. The molecule has 6 N–H and O–H groups in total. The Kier molecular flexibility index (Phi) is 35.1. The van der Waals surface area contributed by atoms with Crippen molar-refractivity contribution >= 4 is 5.91 Å². The van der Waals surface area contributed by atoms with Crippen LogP contribution in [0.2, 0.25) is 0 Å². The molecule has 7 atom stereocenters. The Balaban J connectivity index is 2.48. The fraction of sp³-hybridized carbons (Fsp3) is 0.653. The van der Waals surface area contributed by atoms with Crippen molar-refractivity contribution in [3.63, 3.8) is 0 Å². The quantitative estimate of drug-likeness (QED) is 0.0274. The van der Waals surface area contributed by atoms with Gasteiger partial charge in [-0.3, -0.25) is 4.79 Å². The molecule has 7 unspecified atom stereocenters. The molecule has 0 aliphatic carbocycles. The minimum Gasteiger partial charge on any atom is -0.394 e. The summed E-state index contributed by atoms with van der Waals surface area (Å²) in [5.74, 6) is -0.253. The fourth-order valence-corrected chi connectivity index (χ4v) is 6.28. The van der Waals surface area contributed by atoms with Gasteiger partial charge in [-0.2, -0.15) is 0 Å². The highest BCUT2D eigenvalue weighted by Crippen LogP contribution is 2.22. The zero-order valence-electron chi connectivity index (χ0n) is 36.0. The second-order valence-corrected chi connectivity index (χ2v) is 15.1. The standard InChI is InChI=1S/C49H81NO8/c1-3-5-7-9-11-13-15-17-19-21-23-24-26-28-30-32-34-36-38-43(52)42(41-57-49-48(56)47(55)46(54)44(40-51)58-49)50-45(53)39-37-35-33-31-29-27-25-22-20-18-16-14-12-10-8-6-4-2/h6,8,12,14,18,20-21,23,25,27-28,30-31,33,36,38,42-44,46-49,51-52,54-56H,3-5,7,9-11,13,15-17,19,22,24,26,29,32,34-35,37,39-41H2,1-2H3,(H,50,53)/b8-6-,14-12-,20-18-,23-21+,27-25-,30-28+,33-31-,38-36+. The van der Waals surface area contributed by atoms with Gasteiger partial charge in [-0.15, -0.1) is 0 Å². The zero-order valence-corrected chi connectivity index (χ0v) is 36.0. The first-order valence-corrected chi connectivity index (χ1v) is 22.5. The number of amides is 1. The summed E-state index contributed by atoms with van der Waals surface area (Å²) in [5.41, 5.74) is 0. The number of hydrogen-bond acceptors (Lipinski definition) is 8. The first-order valence-electron chi connectivity index (χ1n) is 22.5. The molecule has 1 rings (SSSR count). The summed E-state index contributed by atoms with van der Waals surface area (Å²) in [6.45, 7) is 3.57. The maximum Gasteiger partial charge on any atom is 0.220 e. The van der Waals surface area contributed by atoms with Gasteiger partial charge in [0.2, 0.25) is 5.91 Å². The number of unbranched alkanes of at least 4 members (excludes halogenated alkanes) is 11. The molecule has 58 heavy (non-hydrogen) atoms. The largest absolute Gasteiger partial charge is 0.394 e. The first-order chi connectivity index (χ1) is 28.3. The molecule has 0 spiro atoms. The molecule has 0 aromatic carbocycles. The van der Waals surface area contributed by atoms with E-state index in [0.29, 0.717) is 12.8 Å². The van der Waals surface area contributed by atoms with E-state index >= 15 is 0 Å². The summed E-state index contributed by atoms with van der Waals surface area (Å²) >= 11 is 0. The molecule has 0 aromatic rings. The number of allylic oxidation sites excluding steroid dienone is 15. The molecule has 1 fully saturated rings. The molecular formula is C49H81NO8. The number of aliphatic hydroxyl groups is 5. The van der Waals surface area contributed by atoms with Crippen LogP contribution in [0.5, 0.6) is 0 Å². The Morgan fingerprint density at radius 3 is 1.66 bits per heavy atom. The summed E-state index contributed by atoms with van der Waals surface area (Å²) in [7, 11) is 0. The van der Waals surface area contributed by atoms with E-state index in [-0.39, 0.29) is 18.9 Å². The predicted octanol–water partition coefficient (Wildman–Crippen LogP) is 9.33. The van der Waals surface area contributed by atoms with Gasteiger partial charge in [-0.1, -0.05) is 156 Å². The van der Waals surface area contributed by atoms with Crippen LogP contribution >= 0.6 is 0 Å². The van der Waals surface area contributed by atoms with Crippen LogP contribution in [0.25, 0.3) is 0 Å². The van der Waals surface area contributed by atoms with Crippen molar-refractivity contribution in [2.45, 2.75) is 192 Å². The molecule has 1 saturated heterocycles. The maximum absolute atomic E-state index is 12.9. The molecule has 0 radical (unpaired) electrons. The normalized spacial score (nSPS) is 21.8. The zero-order chi connectivity index (χ0) is 42.3. The summed E-state index contributed by atoms with van der Waals surface area (Å²) in [6.07, 6.45) is 47.4. The van der Waals surface area contributed by atoms with Crippen molar-refractivity contribution < 1.29 is 39.8 Å². The molecule has 1 heterocycles. The highest BCUT2D eigenvalue weighted by Gasteiger charge is 2.44. The second kappa shape index (κ2) is 38.3. The molecule has 0 saturated carbocycles. The lowest BCUT2D eigenvalue weighted by atomic mass is 9.99. The third-order valence-corrected chi connectivity index (χ3v) is 9.87. The van der Waals surface area contributed by atoms with Gasteiger partial charge in [-0.05, 0) is 83.5 Å². The highest BCUT2D eigenvalue weighted by molar-refractivity contribution is 5.76. The number of hydrogen-bond donors (Lipinski definition) is 6. The fourth-order valence-electron chi connectivity index (χ4n) is 6.28. The van der Waals surface area contributed by atoms with Gasteiger partial charge >= 0.3 is 0 Å². The Bertz CT molecular complexity index is 1220. The van der Waals surface area contributed by atoms with Crippen molar-refractivity contribution in [1.29, 1.82) is 0 Å². The van der Waals surface area contributed by atoms with Crippen LogP contribution in [-0.2, 0) is 14.3 Å². The maximum atomic E-state index is 12.9. The molecule has 9 nitrogen and oxygen atoms in total. The van der Waals surface area contributed by atoms with E-state index in [1.54, 1.807) is 6.08 Å². The van der Waals surface area contributed by atoms with Crippen LogP contribution in [-0.4, -0.2) is 87.5 Å². The van der Waals surface area contributed by atoms with E-state index in [1.807, 2.05) is 6.08 Å². The third-order valence-electron chi connectivity index (χ3n) is 9.87. The Morgan fingerprint density at radius 2 is 1.09 bits per heavy atom. The number of rotatable bonds is 35. The number of nitrogens with one attached hydrogen (secondary N) is 1. The van der Waals surface area contributed by atoms with Gasteiger partial charge in [0, 0.05) is 6.42 Å². The van der Waals surface area contributed by atoms with Crippen LogP contribution in [0.4, 0.5) is 0 Å². The van der Waals surface area contributed by atoms with Gasteiger partial charge in [0.15, 0.2) is 6.29 Å². The highest BCUT2D eigenvalue weighted by atomic mass is 16.7. The molecule has 330 valence electrons. The molecule has 1 amide bonds. The lowest BCUT2D eigenvalue weighted by Crippen LogP contribution is -2.60. The van der Waals surface area contributed by atoms with Crippen molar-refractivity contribution in [3.05, 3.63) is 97.2 Å². The van der Waals surface area contributed by atoms with E-state index in [0.717, 1.165) is 64.2 Å².